The van der Waals surface area contributed by atoms with Gasteiger partial charge in [-0.2, -0.15) is 4.31 Å². The fourth-order valence-corrected chi connectivity index (χ4v) is 5.76. The molecule has 5 nitrogen and oxygen atoms in total. The highest BCUT2D eigenvalue weighted by molar-refractivity contribution is 7.89. The Hall–Kier alpha value is -1.70. The SMILES string of the molecule is Cc1ccc(NC(=O)c2sccc2C)cc1S(=O)(=O)N1CCCCCC1. The van der Waals surface area contributed by atoms with Crippen molar-refractivity contribution in [2.45, 2.75) is 44.4 Å². The lowest BCUT2D eigenvalue weighted by molar-refractivity contribution is 0.103. The van der Waals surface area contributed by atoms with Crippen LogP contribution in [0.25, 0.3) is 0 Å². The minimum absolute atomic E-state index is 0.209. The molecule has 0 saturated carbocycles. The number of aryl methyl sites for hydroxylation is 2. The van der Waals surface area contributed by atoms with Gasteiger partial charge in [0.25, 0.3) is 5.91 Å². The number of carbonyl (C=O) groups is 1. The molecule has 0 aliphatic carbocycles. The normalized spacial score (nSPS) is 16.2. The van der Waals surface area contributed by atoms with Gasteiger partial charge in [-0.05, 0) is 61.4 Å². The Morgan fingerprint density at radius 2 is 1.73 bits per heavy atom. The van der Waals surface area contributed by atoms with Crippen LogP contribution in [0.15, 0.2) is 34.5 Å². The van der Waals surface area contributed by atoms with Crippen molar-refractivity contribution >= 4 is 33.0 Å². The molecule has 0 atom stereocenters. The molecule has 0 spiro atoms. The topological polar surface area (TPSA) is 66.5 Å². The van der Waals surface area contributed by atoms with Crippen LogP contribution in [0, 0.1) is 13.8 Å². The third-order valence-electron chi connectivity index (χ3n) is 4.70. The molecule has 1 aromatic heterocycles. The van der Waals surface area contributed by atoms with Crippen molar-refractivity contribution < 1.29 is 13.2 Å². The fourth-order valence-electron chi connectivity index (χ4n) is 3.17. The Labute approximate surface area is 159 Å². The highest BCUT2D eigenvalue weighted by atomic mass is 32.2. The zero-order valence-corrected chi connectivity index (χ0v) is 16.8. The van der Waals surface area contributed by atoms with Crippen LogP contribution in [-0.4, -0.2) is 31.7 Å². The lowest BCUT2D eigenvalue weighted by atomic mass is 10.2. The molecule has 140 valence electrons. The van der Waals surface area contributed by atoms with Crippen LogP contribution in [-0.2, 0) is 10.0 Å². The first-order valence-electron chi connectivity index (χ1n) is 8.86. The number of anilines is 1. The second-order valence-corrected chi connectivity index (χ2v) is 9.51. The Kier molecular flexibility index (Phi) is 5.79. The van der Waals surface area contributed by atoms with Gasteiger partial charge in [-0.15, -0.1) is 11.3 Å². The summed E-state index contributed by atoms with van der Waals surface area (Å²) >= 11 is 1.38. The maximum Gasteiger partial charge on any atom is 0.265 e. The average molecular weight is 393 g/mol. The van der Waals surface area contributed by atoms with Crippen molar-refractivity contribution in [2.75, 3.05) is 18.4 Å². The van der Waals surface area contributed by atoms with E-state index in [4.69, 9.17) is 0 Å². The van der Waals surface area contributed by atoms with E-state index < -0.39 is 10.0 Å². The van der Waals surface area contributed by atoms with Gasteiger partial charge in [-0.1, -0.05) is 18.9 Å². The molecule has 1 N–H and O–H groups in total. The smallest absolute Gasteiger partial charge is 0.265 e. The summed E-state index contributed by atoms with van der Waals surface area (Å²) < 4.78 is 27.8. The monoisotopic (exact) mass is 392 g/mol. The molecule has 1 saturated heterocycles. The van der Waals surface area contributed by atoms with E-state index in [0.29, 0.717) is 29.2 Å². The van der Waals surface area contributed by atoms with Crippen LogP contribution in [0.5, 0.6) is 0 Å². The van der Waals surface area contributed by atoms with Crippen LogP contribution in [0.3, 0.4) is 0 Å². The van der Waals surface area contributed by atoms with Crippen molar-refractivity contribution in [3.05, 3.63) is 45.6 Å². The Morgan fingerprint density at radius 3 is 2.35 bits per heavy atom. The summed E-state index contributed by atoms with van der Waals surface area (Å²) in [6.07, 6.45) is 3.93. The predicted molar refractivity (Wildman–Crippen MR) is 105 cm³/mol. The van der Waals surface area contributed by atoms with Crippen molar-refractivity contribution in [2.24, 2.45) is 0 Å². The first kappa shape index (κ1) is 19.1. The van der Waals surface area contributed by atoms with E-state index in [9.17, 15) is 13.2 Å². The molecule has 2 heterocycles. The van der Waals surface area contributed by atoms with Gasteiger partial charge in [0.15, 0.2) is 0 Å². The Balaban J connectivity index is 1.87. The fraction of sp³-hybridized carbons (Fsp3) is 0.421. The molecule has 26 heavy (non-hydrogen) atoms. The largest absolute Gasteiger partial charge is 0.321 e. The molecule has 1 aromatic carbocycles. The second-order valence-electron chi connectivity index (χ2n) is 6.69. The summed E-state index contributed by atoms with van der Waals surface area (Å²) in [4.78, 5) is 13.3. The van der Waals surface area contributed by atoms with Crippen LogP contribution in [0.2, 0.25) is 0 Å². The number of sulfonamides is 1. The molecular formula is C19H24N2O3S2. The molecule has 1 fully saturated rings. The van der Waals surface area contributed by atoms with Crippen LogP contribution >= 0.6 is 11.3 Å². The summed E-state index contributed by atoms with van der Waals surface area (Å²) in [6.45, 7) is 4.80. The number of rotatable bonds is 4. The van der Waals surface area contributed by atoms with E-state index in [1.807, 2.05) is 18.4 Å². The van der Waals surface area contributed by atoms with E-state index in [1.165, 1.54) is 11.3 Å². The molecule has 0 unspecified atom stereocenters. The van der Waals surface area contributed by atoms with E-state index >= 15 is 0 Å². The van der Waals surface area contributed by atoms with Crippen LogP contribution in [0.1, 0.15) is 46.5 Å². The highest BCUT2D eigenvalue weighted by Gasteiger charge is 2.27. The van der Waals surface area contributed by atoms with Crippen molar-refractivity contribution in [3.8, 4) is 0 Å². The van der Waals surface area contributed by atoms with Gasteiger partial charge in [-0.3, -0.25) is 4.79 Å². The first-order valence-corrected chi connectivity index (χ1v) is 11.2. The van der Waals surface area contributed by atoms with Crippen molar-refractivity contribution in [1.29, 1.82) is 0 Å². The van der Waals surface area contributed by atoms with E-state index in [2.05, 4.69) is 5.32 Å². The summed E-state index contributed by atoms with van der Waals surface area (Å²) in [7, 11) is -3.55. The predicted octanol–water partition coefficient (Wildman–Crippen LogP) is 4.18. The molecule has 1 amide bonds. The number of amides is 1. The minimum atomic E-state index is -3.55. The molecule has 2 aromatic rings. The first-order chi connectivity index (χ1) is 12.4. The molecule has 1 aliphatic rings. The third kappa shape index (κ3) is 4.00. The number of nitrogens with zero attached hydrogens (tertiary/aromatic N) is 1. The molecule has 1 aliphatic heterocycles. The quantitative estimate of drug-likeness (QED) is 0.849. The third-order valence-corrected chi connectivity index (χ3v) is 7.75. The number of thiophene rings is 1. The van der Waals surface area contributed by atoms with Crippen molar-refractivity contribution in [1.82, 2.24) is 4.31 Å². The maximum absolute atomic E-state index is 13.1. The maximum atomic E-state index is 13.1. The summed E-state index contributed by atoms with van der Waals surface area (Å²) in [5.41, 5.74) is 2.11. The van der Waals surface area contributed by atoms with E-state index in [0.717, 1.165) is 31.2 Å². The summed E-state index contributed by atoms with van der Waals surface area (Å²) in [5.74, 6) is -0.209. The number of hydrogen-bond donors (Lipinski definition) is 1. The molecule has 3 rings (SSSR count). The van der Waals surface area contributed by atoms with Gasteiger partial charge < -0.3 is 5.32 Å². The summed E-state index contributed by atoms with van der Waals surface area (Å²) in [6, 6.07) is 6.97. The molecule has 0 bridgehead atoms. The van der Waals surface area contributed by atoms with Gasteiger partial charge in [-0.25, -0.2) is 8.42 Å². The van der Waals surface area contributed by atoms with Gasteiger partial charge in [0.1, 0.15) is 0 Å². The average Bonchev–Trinajstić information content (AvgIpc) is 2.85. The van der Waals surface area contributed by atoms with Gasteiger partial charge in [0, 0.05) is 18.8 Å². The Bertz CT molecular complexity index is 895. The lowest BCUT2D eigenvalue weighted by Gasteiger charge is -2.21. The molecule has 0 radical (unpaired) electrons. The standard InChI is InChI=1S/C19H24N2O3S2/c1-14-7-8-16(20-19(22)18-15(2)9-12-25-18)13-17(14)26(23,24)21-10-5-3-4-6-11-21/h7-9,12-13H,3-6,10-11H2,1-2H3,(H,20,22). The van der Waals surface area contributed by atoms with E-state index in [-0.39, 0.29) is 10.8 Å². The van der Waals surface area contributed by atoms with Crippen LogP contribution in [0.4, 0.5) is 5.69 Å². The minimum Gasteiger partial charge on any atom is -0.321 e. The number of nitrogens with one attached hydrogen (secondary N) is 1. The zero-order chi connectivity index (χ0) is 18.7. The van der Waals surface area contributed by atoms with Crippen LogP contribution < -0.4 is 5.32 Å². The number of carbonyl (C=O) groups excluding carboxylic acids is 1. The van der Waals surface area contributed by atoms with Gasteiger partial charge in [0.2, 0.25) is 10.0 Å². The van der Waals surface area contributed by atoms with Gasteiger partial charge in [0.05, 0.1) is 9.77 Å². The Morgan fingerprint density at radius 1 is 1.04 bits per heavy atom. The molecular weight excluding hydrogens is 368 g/mol. The second kappa shape index (κ2) is 7.90. The number of benzene rings is 1. The summed E-state index contributed by atoms with van der Waals surface area (Å²) in [5, 5.41) is 4.70. The van der Waals surface area contributed by atoms with E-state index in [1.54, 1.807) is 29.4 Å². The number of hydrogen-bond acceptors (Lipinski definition) is 4. The lowest BCUT2D eigenvalue weighted by Crippen LogP contribution is -2.32. The van der Waals surface area contributed by atoms with Gasteiger partial charge >= 0.3 is 0 Å². The van der Waals surface area contributed by atoms with Crippen molar-refractivity contribution in [3.63, 3.8) is 0 Å². The highest BCUT2D eigenvalue weighted by Crippen LogP contribution is 2.26. The zero-order valence-electron chi connectivity index (χ0n) is 15.1. The molecule has 7 heteroatoms.